The van der Waals surface area contributed by atoms with E-state index in [0.29, 0.717) is 35.9 Å². The van der Waals surface area contributed by atoms with E-state index in [-0.39, 0.29) is 0 Å². The van der Waals surface area contributed by atoms with Crippen LogP contribution in [-0.2, 0) is 16.6 Å². The Morgan fingerprint density at radius 1 is 0.839 bits per heavy atom. The van der Waals surface area contributed by atoms with E-state index in [1.54, 1.807) is 29.0 Å². The number of benzene rings is 3. The molecule has 0 amide bonds. The second-order valence-corrected chi connectivity index (χ2v) is 9.26. The van der Waals surface area contributed by atoms with Gasteiger partial charge in [0.1, 0.15) is 4.90 Å². The largest absolute Gasteiger partial charge is 0.363 e. The summed E-state index contributed by atoms with van der Waals surface area (Å²) in [5, 5.41) is 0. The summed E-state index contributed by atoms with van der Waals surface area (Å²) in [5.74, 6) is 0. The van der Waals surface area contributed by atoms with Crippen LogP contribution in [0.1, 0.15) is 5.69 Å². The van der Waals surface area contributed by atoms with E-state index in [1.807, 2.05) is 66.7 Å². The number of aromatic amines is 1. The van der Waals surface area contributed by atoms with Crippen LogP contribution in [0.5, 0.6) is 0 Å². The van der Waals surface area contributed by atoms with Gasteiger partial charge in [-0.3, -0.25) is 4.31 Å². The number of imidazole rings is 1. The van der Waals surface area contributed by atoms with E-state index in [1.165, 1.54) is 0 Å². The number of fused-ring (bicyclic) bond motifs is 1. The zero-order valence-corrected chi connectivity index (χ0v) is 17.7. The van der Waals surface area contributed by atoms with Crippen LogP contribution in [0.3, 0.4) is 0 Å². The van der Waals surface area contributed by atoms with Gasteiger partial charge < -0.3 is 9.88 Å². The van der Waals surface area contributed by atoms with Crippen LogP contribution in [0.25, 0.3) is 11.1 Å². The number of nitrogens with zero attached hydrogens (tertiary/aromatic N) is 3. The van der Waals surface area contributed by atoms with E-state index < -0.39 is 10.0 Å². The van der Waals surface area contributed by atoms with Crippen LogP contribution >= 0.6 is 0 Å². The highest BCUT2D eigenvalue weighted by atomic mass is 32.2. The third-order valence-electron chi connectivity index (χ3n) is 5.52. The van der Waals surface area contributed by atoms with Crippen molar-refractivity contribution >= 4 is 21.4 Å². The Hall–Kier alpha value is -3.58. The summed E-state index contributed by atoms with van der Waals surface area (Å²) in [6.07, 6.45) is 3.41. The molecule has 1 aromatic heterocycles. The van der Waals surface area contributed by atoms with Crippen LogP contribution < -0.4 is 9.21 Å². The monoisotopic (exact) mass is 430 g/mol. The van der Waals surface area contributed by atoms with Gasteiger partial charge in [-0.25, -0.2) is 13.4 Å². The molecule has 0 aliphatic carbocycles. The van der Waals surface area contributed by atoms with Crippen molar-refractivity contribution in [3.05, 3.63) is 97.1 Å². The Morgan fingerprint density at radius 3 is 2.32 bits per heavy atom. The first-order valence-electron chi connectivity index (χ1n) is 10.1. The molecular weight excluding hydrogens is 408 g/mol. The maximum atomic E-state index is 13.8. The van der Waals surface area contributed by atoms with Crippen LogP contribution in [0.4, 0.5) is 11.4 Å². The van der Waals surface area contributed by atoms with E-state index in [4.69, 9.17) is 0 Å². The van der Waals surface area contributed by atoms with E-state index in [0.717, 1.165) is 16.8 Å². The molecular formula is C24H22N4O2S. The third-order valence-corrected chi connectivity index (χ3v) is 7.38. The number of sulfonamides is 1. The third kappa shape index (κ3) is 3.57. The lowest BCUT2D eigenvalue weighted by molar-refractivity contribution is 0.593. The quantitative estimate of drug-likeness (QED) is 0.524. The van der Waals surface area contributed by atoms with Crippen molar-refractivity contribution in [1.29, 1.82) is 0 Å². The van der Waals surface area contributed by atoms with Gasteiger partial charge in [0.2, 0.25) is 0 Å². The highest BCUT2D eigenvalue weighted by molar-refractivity contribution is 7.93. The first-order valence-corrected chi connectivity index (χ1v) is 11.6. The Kier molecular flexibility index (Phi) is 4.95. The first kappa shape index (κ1) is 19.4. The molecule has 4 aromatic rings. The number of hydrogen-bond acceptors (Lipinski definition) is 4. The number of rotatable bonds is 4. The summed E-state index contributed by atoms with van der Waals surface area (Å²) in [4.78, 5) is 9.61. The van der Waals surface area contributed by atoms with Crippen molar-refractivity contribution in [3.63, 3.8) is 0 Å². The summed E-state index contributed by atoms with van der Waals surface area (Å²) in [6.45, 7) is 1.45. The minimum Gasteiger partial charge on any atom is -0.363 e. The lowest BCUT2D eigenvalue weighted by atomic mass is 10.0. The smallest absolute Gasteiger partial charge is 0.266 e. The van der Waals surface area contributed by atoms with Gasteiger partial charge in [0.05, 0.1) is 36.5 Å². The fourth-order valence-corrected chi connectivity index (χ4v) is 5.74. The molecule has 0 saturated carbocycles. The zero-order valence-electron chi connectivity index (χ0n) is 16.8. The topological polar surface area (TPSA) is 69.3 Å². The number of H-pyrrole nitrogens is 1. The average molecular weight is 431 g/mol. The zero-order chi connectivity index (χ0) is 21.3. The van der Waals surface area contributed by atoms with E-state index in [9.17, 15) is 8.42 Å². The van der Waals surface area contributed by atoms with Crippen molar-refractivity contribution in [1.82, 2.24) is 9.97 Å². The Bertz CT molecular complexity index is 1290. The Morgan fingerprint density at radius 2 is 1.55 bits per heavy atom. The molecule has 3 aromatic carbocycles. The molecule has 5 rings (SSSR count). The molecule has 1 aliphatic rings. The number of anilines is 2. The molecule has 31 heavy (non-hydrogen) atoms. The van der Waals surface area contributed by atoms with E-state index in [2.05, 4.69) is 14.9 Å². The second-order valence-electron chi connectivity index (χ2n) is 7.43. The fourth-order valence-electron chi connectivity index (χ4n) is 4.05. The van der Waals surface area contributed by atoms with Gasteiger partial charge in [-0.2, -0.15) is 0 Å². The molecule has 2 heterocycles. The Balaban J connectivity index is 1.62. The summed E-state index contributed by atoms with van der Waals surface area (Å²) in [6, 6.07) is 24.8. The summed E-state index contributed by atoms with van der Waals surface area (Å²) >= 11 is 0. The molecule has 0 bridgehead atoms. The minimum absolute atomic E-state index is 0.315. The number of hydrogen-bond donors (Lipinski definition) is 1. The Labute approximate surface area is 181 Å². The highest BCUT2D eigenvalue weighted by Crippen LogP contribution is 2.38. The molecule has 0 spiro atoms. The molecule has 0 fully saturated rings. The van der Waals surface area contributed by atoms with Crippen molar-refractivity contribution in [2.75, 3.05) is 22.3 Å². The molecule has 1 N–H and O–H groups in total. The number of nitrogens with one attached hydrogen (secondary N) is 1. The average Bonchev–Trinajstić information content (AvgIpc) is 3.29. The van der Waals surface area contributed by atoms with Crippen LogP contribution in [0.2, 0.25) is 0 Å². The van der Waals surface area contributed by atoms with Gasteiger partial charge in [-0.15, -0.1) is 0 Å². The molecule has 7 heteroatoms. The maximum absolute atomic E-state index is 13.8. The molecule has 0 radical (unpaired) electrons. The standard InChI is InChI=1S/C24H22N4O2S/c29-31(30)24-13-7-6-12-23(24)27(17-20-16-25-18-26-20)14-15-28(31)22-11-5-4-10-21(22)19-8-2-1-3-9-19/h1-13,16,18H,14-15,17H2,(H,25,26). The minimum atomic E-state index is -3.75. The van der Waals surface area contributed by atoms with E-state index >= 15 is 0 Å². The predicted octanol–water partition coefficient (Wildman–Crippen LogP) is 4.29. The van der Waals surface area contributed by atoms with Gasteiger partial charge in [0, 0.05) is 18.3 Å². The highest BCUT2D eigenvalue weighted by Gasteiger charge is 2.33. The molecule has 1 aliphatic heterocycles. The summed E-state index contributed by atoms with van der Waals surface area (Å²) in [7, 11) is -3.75. The molecule has 0 unspecified atom stereocenters. The first-order chi connectivity index (χ1) is 15.1. The van der Waals surface area contributed by atoms with Gasteiger partial charge in [0.25, 0.3) is 10.0 Å². The van der Waals surface area contributed by atoms with Crippen molar-refractivity contribution in [3.8, 4) is 11.1 Å². The molecule has 0 saturated heterocycles. The van der Waals surface area contributed by atoms with Gasteiger partial charge in [0.15, 0.2) is 0 Å². The molecule has 6 nitrogen and oxygen atoms in total. The van der Waals surface area contributed by atoms with Crippen molar-refractivity contribution < 1.29 is 8.42 Å². The van der Waals surface area contributed by atoms with Crippen LogP contribution in [0, 0.1) is 0 Å². The van der Waals surface area contributed by atoms with Gasteiger partial charge in [-0.1, -0.05) is 60.7 Å². The molecule has 0 atom stereocenters. The number of para-hydroxylation sites is 2. The number of aromatic nitrogens is 2. The van der Waals surface area contributed by atoms with Crippen LogP contribution in [0.15, 0.2) is 96.3 Å². The fraction of sp³-hybridized carbons (Fsp3) is 0.125. The normalized spacial score (nSPS) is 15.4. The van der Waals surface area contributed by atoms with Gasteiger partial charge >= 0.3 is 0 Å². The maximum Gasteiger partial charge on any atom is 0.266 e. The predicted molar refractivity (Wildman–Crippen MR) is 122 cm³/mol. The second kappa shape index (κ2) is 7.92. The lowest BCUT2D eigenvalue weighted by Crippen LogP contribution is -2.35. The van der Waals surface area contributed by atoms with Crippen LogP contribution in [-0.4, -0.2) is 31.5 Å². The summed E-state index contributed by atoms with van der Waals surface area (Å²) in [5.41, 5.74) is 4.21. The summed E-state index contributed by atoms with van der Waals surface area (Å²) < 4.78 is 29.2. The SMILES string of the molecule is O=S1(=O)c2ccccc2N(Cc2cnc[nH]2)CCN1c1ccccc1-c1ccccc1. The van der Waals surface area contributed by atoms with Gasteiger partial charge in [-0.05, 0) is 23.8 Å². The molecule has 156 valence electrons. The van der Waals surface area contributed by atoms with Crippen molar-refractivity contribution in [2.45, 2.75) is 11.4 Å². The lowest BCUT2D eigenvalue weighted by Gasteiger charge is -2.25. The van der Waals surface area contributed by atoms with Crippen molar-refractivity contribution in [2.24, 2.45) is 0 Å².